The van der Waals surface area contributed by atoms with Crippen LogP contribution in [0.2, 0.25) is 0 Å². The fraction of sp³-hybridized carbons (Fsp3) is 0.632. The number of rotatable bonds is 7. The van der Waals surface area contributed by atoms with E-state index in [1.165, 1.54) is 44.5 Å². The molecule has 1 aliphatic rings. The molecule has 5 nitrogen and oxygen atoms in total. The number of aliphatic imine (C=N–C) groups is 1. The fourth-order valence-corrected chi connectivity index (χ4v) is 3.12. The van der Waals surface area contributed by atoms with E-state index in [1.807, 2.05) is 19.2 Å². The Balaban J connectivity index is 0.00000312. The molecule has 1 fully saturated rings. The van der Waals surface area contributed by atoms with Crippen LogP contribution in [-0.2, 0) is 6.54 Å². The minimum atomic E-state index is 0. The summed E-state index contributed by atoms with van der Waals surface area (Å²) in [5, 5.41) is 6.85. The van der Waals surface area contributed by atoms with Crippen LogP contribution in [0.4, 0.5) is 0 Å². The van der Waals surface area contributed by atoms with Gasteiger partial charge in [-0.1, -0.05) is 19.1 Å². The number of hydrogen-bond acceptors (Lipinski definition) is 3. The summed E-state index contributed by atoms with van der Waals surface area (Å²) in [5.74, 6) is 2.51. The van der Waals surface area contributed by atoms with Gasteiger partial charge in [-0.3, -0.25) is 4.99 Å². The number of piperidine rings is 1. The van der Waals surface area contributed by atoms with Gasteiger partial charge in [-0.25, -0.2) is 0 Å². The first-order valence-electron chi connectivity index (χ1n) is 9.05. The van der Waals surface area contributed by atoms with Crippen LogP contribution in [-0.4, -0.2) is 51.2 Å². The van der Waals surface area contributed by atoms with Gasteiger partial charge in [-0.2, -0.15) is 0 Å². The lowest BCUT2D eigenvalue weighted by Gasteiger charge is -2.32. The number of nitrogens with zero attached hydrogens (tertiary/aromatic N) is 2. The molecule has 0 bridgehead atoms. The second-order valence-corrected chi connectivity index (χ2v) is 6.44. The lowest BCUT2D eigenvalue weighted by Crippen LogP contribution is -2.42. The van der Waals surface area contributed by atoms with Crippen LogP contribution < -0.4 is 15.4 Å². The molecule has 1 heterocycles. The van der Waals surface area contributed by atoms with Crippen molar-refractivity contribution in [2.75, 3.05) is 40.3 Å². The Hall–Kier alpha value is -1.02. The van der Waals surface area contributed by atoms with Gasteiger partial charge in [0.05, 0.1) is 7.11 Å². The van der Waals surface area contributed by atoms with Crippen molar-refractivity contribution in [2.24, 2.45) is 10.9 Å². The van der Waals surface area contributed by atoms with Gasteiger partial charge in [0, 0.05) is 20.1 Å². The highest BCUT2D eigenvalue weighted by Crippen LogP contribution is 2.16. The van der Waals surface area contributed by atoms with E-state index in [-0.39, 0.29) is 24.0 Å². The molecule has 25 heavy (non-hydrogen) atoms. The maximum absolute atomic E-state index is 5.18. The molecule has 142 valence electrons. The molecule has 6 heteroatoms. The van der Waals surface area contributed by atoms with E-state index in [0.29, 0.717) is 0 Å². The molecule has 0 atom stereocenters. The average molecular weight is 460 g/mol. The predicted octanol–water partition coefficient (Wildman–Crippen LogP) is 3.10. The van der Waals surface area contributed by atoms with Gasteiger partial charge >= 0.3 is 0 Å². The summed E-state index contributed by atoms with van der Waals surface area (Å²) in [7, 11) is 3.51. The van der Waals surface area contributed by atoms with Gasteiger partial charge in [-0.15, -0.1) is 24.0 Å². The second-order valence-electron chi connectivity index (χ2n) is 6.44. The highest BCUT2D eigenvalue weighted by molar-refractivity contribution is 14.0. The van der Waals surface area contributed by atoms with E-state index in [9.17, 15) is 0 Å². The first-order chi connectivity index (χ1) is 11.7. The van der Waals surface area contributed by atoms with E-state index >= 15 is 0 Å². The summed E-state index contributed by atoms with van der Waals surface area (Å²) in [5.41, 5.74) is 1.21. The van der Waals surface area contributed by atoms with E-state index in [0.717, 1.165) is 30.7 Å². The second kappa shape index (κ2) is 12.4. The average Bonchev–Trinajstić information content (AvgIpc) is 2.64. The lowest BCUT2D eigenvalue weighted by atomic mass is 9.97. The molecular formula is C19H33IN4O. The molecule has 1 aliphatic heterocycles. The van der Waals surface area contributed by atoms with Crippen molar-refractivity contribution in [3.63, 3.8) is 0 Å². The van der Waals surface area contributed by atoms with Gasteiger partial charge in [0.2, 0.25) is 0 Å². The molecule has 0 aliphatic carbocycles. The summed E-state index contributed by atoms with van der Waals surface area (Å²) < 4.78 is 5.18. The highest BCUT2D eigenvalue weighted by atomic mass is 127. The highest BCUT2D eigenvalue weighted by Gasteiger charge is 2.18. The van der Waals surface area contributed by atoms with Gasteiger partial charge < -0.3 is 20.3 Å². The van der Waals surface area contributed by atoms with Crippen LogP contribution in [0.5, 0.6) is 5.75 Å². The van der Waals surface area contributed by atoms with Crippen LogP contribution in [0.15, 0.2) is 29.3 Å². The van der Waals surface area contributed by atoms with Gasteiger partial charge in [0.15, 0.2) is 5.96 Å². The molecule has 2 rings (SSSR count). The molecule has 1 saturated heterocycles. The van der Waals surface area contributed by atoms with Crippen molar-refractivity contribution >= 4 is 29.9 Å². The zero-order valence-corrected chi connectivity index (χ0v) is 18.1. The third kappa shape index (κ3) is 7.81. The van der Waals surface area contributed by atoms with Crippen molar-refractivity contribution in [3.05, 3.63) is 29.8 Å². The molecule has 0 saturated carbocycles. The van der Waals surface area contributed by atoms with Crippen LogP contribution in [0.1, 0.15) is 31.7 Å². The molecule has 0 unspecified atom stereocenters. The number of ether oxygens (including phenoxy) is 1. The number of hydrogen-bond donors (Lipinski definition) is 2. The van der Waals surface area contributed by atoms with Gasteiger partial charge in [0.25, 0.3) is 0 Å². The Morgan fingerprint density at radius 2 is 1.88 bits per heavy atom. The van der Waals surface area contributed by atoms with Gasteiger partial charge in [0.1, 0.15) is 5.75 Å². The molecule has 0 aromatic heterocycles. The maximum atomic E-state index is 5.18. The van der Waals surface area contributed by atoms with Crippen molar-refractivity contribution in [1.82, 2.24) is 15.5 Å². The number of benzene rings is 1. The number of nitrogens with one attached hydrogen (secondary N) is 2. The monoisotopic (exact) mass is 460 g/mol. The largest absolute Gasteiger partial charge is 0.497 e. The molecule has 0 radical (unpaired) electrons. The molecule has 0 amide bonds. The number of likely N-dealkylation sites (tertiary alicyclic amines) is 1. The molecule has 1 aromatic rings. The minimum Gasteiger partial charge on any atom is -0.497 e. The minimum absolute atomic E-state index is 0. The molecule has 2 N–H and O–H groups in total. The maximum Gasteiger partial charge on any atom is 0.191 e. The lowest BCUT2D eigenvalue weighted by molar-refractivity contribution is 0.185. The van der Waals surface area contributed by atoms with Gasteiger partial charge in [-0.05, 0) is 62.5 Å². The SMILES string of the molecule is CCCN1CCC(CNC(=NC)NCc2ccc(OC)cc2)CC1.I. The summed E-state index contributed by atoms with van der Waals surface area (Å²) in [4.78, 5) is 6.90. The van der Waals surface area contributed by atoms with E-state index in [4.69, 9.17) is 4.74 Å². The fourth-order valence-electron chi connectivity index (χ4n) is 3.12. The Morgan fingerprint density at radius 1 is 1.20 bits per heavy atom. The Morgan fingerprint density at radius 3 is 2.44 bits per heavy atom. The summed E-state index contributed by atoms with van der Waals surface area (Å²) in [6, 6.07) is 8.11. The van der Waals surface area contributed by atoms with Crippen LogP contribution in [0, 0.1) is 5.92 Å². The van der Waals surface area contributed by atoms with Crippen molar-refractivity contribution in [3.8, 4) is 5.75 Å². The van der Waals surface area contributed by atoms with Crippen LogP contribution in [0.3, 0.4) is 0 Å². The summed E-state index contributed by atoms with van der Waals surface area (Å²) in [6.07, 6.45) is 3.82. The molecule has 1 aromatic carbocycles. The summed E-state index contributed by atoms with van der Waals surface area (Å²) in [6.45, 7) is 7.73. The quantitative estimate of drug-likeness (QED) is 0.373. The number of halogens is 1. The molecule has 0 spiro atoms. The third-order valence-corrected chi connectivity index (χ3v) is 4.65. The van der Waals surface area contributed by atoms with E-state index in [1.54, 1.807) is 7.11 Å². The zero-order chi connectivity index (χ0) is 17.2. The predicted molar refractivity (Wildman–Crippen MR) is 116 cm³/mol. The third-order valence-electron chi connectivity index (χ3n) is 4.65. The Kier molecular flexibility index (Phi) is 10.9. The van der Waals surface area contributed by atoms with Crippen molar-refractivity contribution in [1.29, 1.82) is 0 Å². The van der Waals surface area contributed by atoms with Crippen molar-refractivity contribution < 1.29 is 4.74 Å². The molecular weight excluding hydrogens is 427 g/mol. The smallest absolute Gasteiger partial charge is 0.191 e. The number of guanidine groups is 1. The Bertz CT molecular complexity index is 499. The summed E-state index contributed by atoms with van der Waals surface area (Å²) >= 11 is 0. The zero-order valence-electron chi connectivity index (χ0n) is 15.8. The first-order valence-corrected chi connectivity index (χ1v) is 9.05. The normalized spacial score (nSPS) is 16.2. The standard InChI is InChI=1S/C19H32N4O.HI/c1-4-11-23-12-9-17(10-13-23)15-22-19(20-2)21-14-16-5-7-18(24-3)8-6-16;/h5-8,17H,4,9-15H2,1-3H3,(H2,20,21,22);1H. The first kappa shape index (κ1) is 22.0. The van der Waals surface area contributed by atoms with E-state index in [2.05, 4.69) is 39.6 Å². The van der Waals surface area contributed by atoms with Crippen LogP contribution >= 0.6 is 24.0 Å². The van der Waals surface area contributed by atoms with Crippen LogP contribution in [0.25, 0.3) is 0 Å². The number of methoxy groups -OCH3 is 1. The van der Waals surface area contributed by atoms with E-state index < -0.39 is 0 Å². The van der Waals surface area contributed by atoms with Crippen molar-refractivity contribution in [2.45, 2.75) is 32.7 Å². The Labute approximate surface area is 169 Å². The topological polar surface area (TPSA) is 48.9 Å².